The van der Waals surface area contributed by atoms with Gasteiger partial charge in [0.2, 0.25) is 0 Å². The molecule has 0 radical (unpaired) electrons. The quantitative estimate of drug-likeness (QED) is 0.817. The average molecular weight is 351 g/mol. The molecule has 5 nitrogen and oxygen atoms in total. The van der Waals surface area contributed by atoms with Crippen LogP contribution in [0.5, 0.6) is 11.5 Å². The Hall–Kier alpha value is -1.82. The summed E-state index contributed by atoms with van der Waals surface area (Å²) in [5, 5.41) is 9.82. The van der Waals surface area contributed by atoms with Gasteiger partial charge in [-0.15, -0.1) is 0 Å². The van der Waals surface area contributed by atoms with Crippen molar-refractivity contribution in [1.29, 1.82) is 0 Å². The van der Waals surface area contributed by atoms with E-state index in [1.54, 1.807) is 6.07 Å². The van der Waals surface area contributed by atoms with E-state index in [2.05, 4.69) is 4.90 Å². The summed E-state index contributed by atoms with van der Waals surface area (Å²) in [6.45, 7) is 1.64. The monoisotopic (exact) mass is 351 g/mol. The Balaban J connectivity index is 1.77. The van der Waals surface area contributed by atoms with Crippen LogP contribution in [0.25, 0.3) is 0 Å². The minimum atomic E-state index is -0.711. The SMILES string of the molecule is COc1cc(F)c(CN2CCCC(CC3CC3)(C(=O)O)C2)cc1OC. The molecule has 1 aromatic carbocycles. The molecule has 0 bridgehead atoms. The average Bonchev–Trinajstić information content (AvgIpc) is 3.40. The Labute approximate surface area is 147 Å². The van der Waals surface area contributed by atoms with Gasteiger partial charge < -0.3 is 14.6 Å². The highest BCUT2D eigenvalue weighted by molar-refractivity contribution is 5.75. The first-order valence-corrected chi connectivity index (χ1v) is 8.83. The third-order valence-corrected chi connectivity index (χ3v) is 5.43. The number of benzene rings is 1. The molecule has 1 saturated carbocycles. The Morgan fingerprint density at radius 2 is 2.00 bits per heavy atom. The molecule has 2 aliphatic rings. The molecule has 1 atom stereocenters. The number of carboxylic acids is 1. The molecule has 25 heavy (non-hydrogen) atoms. The predicted molar refractivity (Wildman–Crippen MR) is 91.4 cm³/mol. The third kappa shape index (κ3) is 3.89. The lowest BCUT2D eigenvalue weighted by atomic mass is 9.75. The van der Waals surface area contributed by atoms with Crippen LogP contribution in [0.4, 0.5) is 4.39 Å². The third-order valence-electron chi connectivity index (χ3n) is 5.43. The van der Waals surface area contributed by atoms with E-state index in [4.69, 9.17) is 9.47 Å². The lowest BCUT2D eigenvalue weighted by Gasteiger charge is -2.40. The summed E-state index contributed by atoms with van der Waals surface area (Å²) in [6, 6.07) is 2.97. The number of likely N-dealkylation sites (tertiary alicyclic amines) is 1. The van der Waals surface area contributed by atoms with Crippen molar-refractivity contribution >= 4 is 5.97 Å². The van der Waals surface area contributed by atoms with Crippen LogP contribution < -0.4 is 9.47 Å². The summed E-state index contributed by atoms with van der Waals surface area (Å²) in [5.41, 5.74) is -0.183. The van der Waals surface area contributed by atoms with Crippen LogP contribution in [0, 0.1) is 17.2 Å². The maximum Gasteiger partial charge on any atom is 0.310 e. The van der Waals surface area contributed by atoms with Gasteiger partial charge >= 0.3 is 5.97 Å². The molecule has 0 amide bonds. The van der Waals surface area contributed by atoms with Crippen LogP contribution in [0.1, 0.15) is 37.7 Å². The highest BCUT2D eigenvalue weighted by atomic mass is 19.1. The van der Waals surface area contributed by atoms with Crippen LogP contribution >= 0.6 is 0 Å². The molecule has 1 heterocycles. The zero-order valence-electron chi connectivity index (χ0n) is 14.9. The number of rotatable bonds is 7. The molecule has 6 heteroatoms. The van der Waals surface area contributed by atoms with Crippen LogP contribution in [-0.4, -0.2) is 43.3 Å². The number of hydrogen-bond acceptors (Lipinski definition) is 4. The van der Waals surface area contributed by atoms with Gasteiger partial charge in [-0.1, -0.05) is 12.8 Å². The fourth-order valence-electron chi connectivity index (χ4n) is 3.92. The van der Waals surface area contributed by atoms with Crippen LogP contribution in [0.15, 0.2) is 12.1 Å². The first kappa shape index (κ1) is 18.0. The van der Waals surface area contributed by atoms with E-state index in [0.29, 0.717) is 42.5 Å². The molecule has 3 rings (SSSR count). The van der Waals surface area contributed by atoms with Crippen molar-refractivity contribution in [3.63, 3.8) is 0 Å². The number of carbonyl (C=O) groups is 1. The summed E-state index contributed by atoms with van der Waals surface area (Å²) in [6.07, 6.45) is 4.56. The largest absolute Gasteiger partial charge is 0.493 e. The van der Waals surface area contributed by atoms with E-state index in [1.165, 1.54) is 20.3 Å². The normalized spacial score (nSPS) is 24.1. The van der Waals surface area contributed by atoms with E-state index >= 15 is 0 Å². The molecule has 1 saturated heterocycles. The van der Waals surface area contributed by atoms with Gasteiger partial charge in [-0.2, -0.15) is 0 Å². The second-order valence-corrected chi connectivity index (χ2v) is 7.35. The van der Waals surface area contributed by atoms with Gasteiger partial charge in [0.15, 0.2) is 11.5 Å². The van der Waals surface area contributed by atoms with Crippen molar-refractivity contribution < 1.29 is 23.8 Å². The Kier molecular flexibility index (Phi) is 5.18. The van der Waals surface area contributed by atoms with Gasteiger partial charge in [0.05, 0.1) is 19.6 Å². The summed E-state index contributed by atoms with van der Waals surface area (Å²) >= 11 is 0. The molecule has 1 aliphatic heterocycles. The first-order chi connectivity index (χ1) is 12.0. The minimum Gasteiger partial charge on any atom is -0.493 e. The second kappa shape index (κ2) is 7.20. The van der Waals surface area contributed by atoms with Crippen molar-refractivity contribution in [3.8, 4) is 11.5 Å². The summed E-state index contributed by atoms with van der Waals surface area (Å²) in [4.78, 5) is 14.0. The zero-order valence-corrected chi connectivity index (χ0v) is 14.9. The Morgan fingerprint density at radius 3 is 2.60 bits per heavy atom. The molecule has 1 N–H and O–H groups in total. The Morgan fingerprint density at radius 1 is 1.32 bits per heavy atom. The summed E-state index contributed by atoms with van der Waals surface area (Å²) < 4.78 is 24.8. The maximum absolute atomic E-state index is 14.4. The molecule has 1 aliphatic carbocycles. The molecular formula is C19H26FNO4. The van der Waals surface area contributed by atoms with Crippen molar-refractivity contribution in [2.75, 3.05) is 27.3 Å². The number of aliphatic carboxylic acids is 1. The van der Waals surface area contributed by atoms with Gasteiger partial charge in [-0.05, 0) is 37.8 Å². The highest BCUT2D eigenvalue weighted by Crippen LogP contribution is 2.45. The number of nitrogens with zero attached hydrogens (tertiary/aromatic N) is 1. The number of hydrogen-bond donors (Lipinski definition) is 1. The lowest BCUT2D eigenvalue weighted by Crippen LogP contribution is -2.47. The van der Waals surface area contributed by atoms with E-state index < -0.39 is 11.4 Å². The Bertz CT molecular complexity index is 647. The number of ether oxygens (including phenoxy) is 2. The van der Waals surface area contributed by atoms with Gasteiger partial charge in [0.25, 0.3) is 0 Å². The summed E-state index contributed by atoms with van der Waals surface area (Å²) in [7, 11) is 2.99. The van der Waals surface area contributed by atoms with Gasteiger partial charge in [0, 0.05) is 24.7 Å². The van der Waals surface area contributed by atoms with Gasteiger partial charge in [0.1, 0.15) is 5.82 Å². The van der Waals surface area contributed by atoms with Crippen molar-refractivity contribution in [2.45, 2.75) is 38.6 Å². The standard InChI is InChI=1S/C19H26FNO4/c1-24-16-8-14(15(20)9-17(16)25-2)11-21-7-3-6-19(12-21,18(22)23)10-13-4-5-13/h8-9,13H,3-7,10-12H2,1-2H3,(H,22,23). The minimum absolute atomic E-state index is 0.355. The predicted octanol–water partition coefficient (Wildman–Crippen LogP) is 3.31. The first-order valence-electron chi connectivity index (χ1n) is 8.83. The number of carboxylic acid groups (broad SMARTS) is 1. The highest BCUT2D eigenvalue weighted by Gasteiger charge is 2.45. The van der Waals surface area contributed by atoms with Crippen LogP contribution in [0.3, 0.4) is 0 Å². The molecule has 2 fully saturated rings. The van der Waals surface area contributed by atoms with E-state index in [9.17, 15) is 14.3 Å². The van der Waals surface area contributed by atoms with Crippen LogP contribution in [0.2, 0.25) is 0 Å². The van der Waals surface area contributed by atoms with E-state index in [-0.39, 0.29) is 5.82 Å². The fourth-order valence-corrected chi connectivity index (χ4v) is 3.92. The van der Waals surface area contributed by atoms with Crippen molar-refractivity contribution in [1.82, 2.24) is 4.90 Å². The molecule has 1 aromatic rings. The molecule has 0 aromatic heterocycles. The van der Waals surface area contributed by atoms with E-state index in [0.717, 1.165) is 32.2 Å². The molecule has 138 valence electrons. The zero-order chi connectivity index (χ0) is 18.0. The van der Waals surface area contributed by atoms with Gasteiger partial charge in [-0.3, -0.25) is 9.69 Å². The fraction of sp³-hybridized carbons (Fsp3) is 0.632. The number of piperidine rings is 1. The smallest absolute Gasteiger partial charge is 0.310 e. The lowest BCUT2D eigenvalue weighted by molar-refractivity contribution is -0.153. The molecule has 0 spiro atoms. The van der Waals surface area contributed by atoms with Crippen molar-refractivity contribution in [2.24, 2.45) is 11.3 Å². The topological polar surface area (TPSA) is 59.0 Å². The number of halogens is 1. The van der Waals surface area contributed by atoms with Crippen molar-refractivity contribution in [3.05, 3.63) is 23.5 Å². The maximum atomic E-state index is 14.4. The number of methoxy groups -OCH3 is 2. The second-order valence-electron chi connectivity index (χ2n) is 7.35. The van der Waals surface area contributed by atoms with E-state index in [1.807, 2.05) is 0 Å². The van der Waals surface area contributed by atoms with Crippen LogP contribution in [-0.2, 0) is 11.3 Å². The molecule has 1 unspecified atom stereocenters. The van der Waals surface area contributed by atoms with Gasteiger partial charge in [-0.25, -0.2) is 4.39 Å². The molecular weight excluding hydrogens is 325 g/mol. The summed E-state index contributed by atoms with van der Waals surface area (Å²) in [5.74, 6) is 0.325.